The number of aryl methyl sites for hydroxylation is 1. The van der Waals surface area contributed by atoms with Gasteiger partial charge in [-0.25, -0.2) is 4.98 Å². The second kappa shape index (κ2) is 9.48. The van der Waals surface area contributed by atoms with Gasteiger partial charge >= 0.3 is 0 Å². The van der Waals surface area contributed by atoms with Crippen molar-refractivity contribution in [1.82, 2.24) is 15.8 Å². The first kappa shape index (κ1) is 20.0. The van der Waals surface area contributed by atoms with Crippen LogP contribution >= 0.6 is 27.3 Å². The van der Waals surface area contributed by atoms with Crippen molar-refractivity contribution in [3.63, 3.8) is 0 Å². The predicted molar refractivity (Wildman–Crippen MR) is 112 cm³/mol. The Labute approximate surface area is 175 Å². The zero-order valence-electron chi connectivity index (χ0n) is 15.1. The maximum absolute atomic E-state index is 12.4. The molecule has 0 saturated heterocycles. The lowest BCUT2D eigenvalue weighted by molar-refractivity contribution is -0.122. The minimum Gasteiger partial charge on any atom is -0.493 e. The van der Waals surface area contributed by atoms with Gasteiger partial charge in [0.25, 0.3) is 5.91 Å². The largest absolute Gasteiger partial charge is 0.493 e. The zero-order valence-corrected chi connectivity index (χ0v) is 17.5. The number of carbonyl (C=O) groups is 2. The number of hydrazine groups is 1. The van der Waals surface area contributed by atoms with Crippen LogP contribution in [0.1, 0.15) is 21.8 Å². The molecule has 1 aromatic heterocycles. The number of halogens is 1. The highest BCUT2D eigenvalue weighted by atomic mass is 79.9. The quantitative estimate of drug-likeness (QED) is 0.543. The van der Waals surface area contributed by atoms with Crippen LogP contribution < -0.4 is 15.6 Å². The third kappa shape index (κ3) is 5.40. The predicted octanol–water partition coefficient (Wildman–Crippen LogP) is 4.11. The van der Waals surface area contributed by atoms with Gasteiger partial charge < -0.3 is 4.74 Å². The fourth-order valence-electron chi connectivity index (χ4n) is 2.38. The normalized spacial score (nSPS) is 10.4. The summed E-state index contributed by atoms with van der Waals surface area (Å²) < 4.78 is 6.41. The standard InChI is InChI=1S/C20H18BrN3O3S/c1-13-18(28-20(22-13)14-6-3-2-4-7-14)19(26)24-23-17(25)10-11-27-16-9-5-8-15(21)12-16/h2-9,12H,10-11H2,1H3,(H,23,25)(H,24,26). The molecule has 1 heterocycles. The van der Waals surface area contributed by atoms with Crippen LogP contribution in [0.4, 0.5) is 0 Å². The Bertz CT molecular complexity index is 976. The summed E-state index contributed by atoms with van der Waals surface area (Å²) in [4.78, 5) is 29.2. The number of amides is 2. The highest BCUT2D eigenvalue weighted by Crippen LogP contribution is 2.27. The summed E-state index contributed by atoms with van der Waals surface area (Å²) in [5.41, 5.74) is 6.40. The first-order chi connectivity index (χ1) is 13.5. The number of thiazole rings is 1. The highest BCUT2D eigenvalue weighted by molar-refractivity contribution is 9.10. The van der Waals surface area contributed by atoms with Gasteiger partial charge in [-0.15, -0.1) is 11.3 Å². The lowest BCUT2D eigenvalue weighted by atomic mass is 10.2. The summed E-state index contributed by atoms with van der Waals surface area (Å²) in [6, 6.07) is 17.0. The lowest BCUT2D eigenvalue weighted by Gasteiger charge is -2.08. The molecular formula is C20H18BrN3O3S. The number of hydrogen-bond acceptors (Lipinski definition) is 5. The first-order valence-electron chi connectivity index (χ1n) is 8.53. The number of rotatable bonds is 6. The van der Waals surface area contributed by atoms with Crippen molar-refractivity contribution in [2.24, 2.45) is 0 Å². The molecule has 0 fully saturated rings. The molecule has 2 N–H and O–H groups in total. The van der Waals surface area contributed by atoms with Crippen molar-refractivity contribution in [2.75, 3.05) is 6.61 Å². The molecule has 0 bridgehead atoms. The van der Waals surface area contributed by atoms with Gasteiger partial charge in [0.15, 0.2) is 0 Å². The minimum absolute atomic E-state index is 0.115. The molecule has 0 aliphatic carbocycles. The monoisotopic (exact) mass is 459 g/mol. The summed E-state index contributed by atoms with van der Waals surface area (Å²) in [6.07, 6.45) is 0.115. The molecule has 0 aliphatic rings. The third-order valence-electron chi connectivity index (χ3n) is 3.73. The summed E-state index contributed by atoms with van der Waals surface area (Å²) in [6.45, 7) is 1.97. The van der Waals surface area contributed by atoms with E-state index >= 15 is 0 Å². The van der Waals surface area contributed by atoms with Crippen molar-refractivity contribution in [3.8, 4) is 16.3 Å². The Morgan fingerprint density at radius 2 is 1.89 bits per heavy atom. The van der Waals surface area contributed by atoms with Gasteiger partial charge in [-0.3, -0.25) is 20.4 Å². The van der Waals surface area contributed by atoms with E-state index in [1.54, 1.807) is 13.0 Å². The Morgan fingerprint density at radius 3 is 2.64 bits per heavy atom. The number of ether oxygens (including phenoxy) is 1. The average molecular weight is 460 g/mol. The minimum atomic E-state index is -0.390. The van der Waals surface area contributed by atoms with Gasteiger partial charge in [0.1, 0.15) is 15.6 Å². The van der Waals surface area contributed by atoms with Crippen molar-refractivity contribution in [2.45, 2.75) is 13.3 Å². The molecule has 144 valence electrons. The van der Waals surface area contributed by atoms with Crippen molar-refractivity contribution < 1.29 is 14.3 Å². The molecular weight excluding hydrogens is 442 g/mol. The van der Waals surface area contributed by atoms with Gasteiger partial charge in [0, 0.05) is 10.0 Å². The summed E-state index contributed by atoms with van der Waals surface area (Å²) >= 11 is 4.64. The van der Waals surface area contributed by atoms with E-state index in [-0.39, 0.29) is 18.9 Å². The molecule has 0 saturated carbocycles. The van der Waals surface area contributed by atoms with Gasteiger partial charge in [-0.2, -0.15) is 0 Å². The van der Waals surface area contributed by atoms with Crippen LogP contribution in [0.3, 0.4) is 0 Å². The van der Waals surface area contributed by atoms with Crippen LogP contribution in [-0.2, 0) is 4.79 Å². The molecule has 0 unspecified atom stereocenters. The number of nitrogens with one attached hydrogen (secondary N) is 2. The number of carbonyl (C=O) groups excluding carboxylic acids is 2. The molecule has 6 nitrogen and oxygen atoms in total. The number of aromatic nitrogens is 1. The third-order valence-corrected chi connectivity index (χ3v) is 5.43. The molecule has 28 heavy (non-hydrogen) atoms. The van der Waals surface area contributed by atoms with Gasteiger partial charge in [-0.1, -0.05) is 52.3 Å². The van der Waals surface area contributed by atoms with Gasteiger partial charge in [0.2, 0.25) is 5.91 Å². The lowest BCUT2D eigenvalue weighted by Crippen LogP contribution is -2.42. The second-order valence-electron chi connectivity index (χ2n) is 5.86. The maximum Gasteiger partial charge on any atom is 0.281 e. The van der Waals surface area contributed by atoms with Crippen LogP contribution in [0.2, 0.25) is 0 Å². The van der Waals surface area contributed by atoms with Crippen molar-refractivity contribution in [3.05, 3.63) is 69.6 Å². The van der Waals surface area contributed by atoms with Crippen LogP contribution in [0.5, 0.6) is 5.75 Å². The Balaban J connectivity index is 1.48. The van der Waals surface area contributed by atoms with Crippen molar-refractivity contribution in [1.29, 1.82) is 0 Å². The Hall–Kier alpha value is -2.71. The van der Waals surface area contributed by atoms with Crippen LogP contribution in [-0.4, -0.2) is 23.4 Å². The van der Waals surface area contributed by atoms with Crippen molar-refractivity contribution >= 4 is 39.1 Å². The summed E-state index contributed by atoms with van der Waals surface area (Å²) in [5.74, 6) is -0.0628. The molecule has 0 spiro atoms. The zero-order chi connectivity index (χ0) is 19.9. The molecule has 2 amide bonds. The fraction of sp³-hybridized carbons (Fsp3) is 0.150. The SMILES string of the molecule is Cc1nc(-c2ccccc2)sc1C(=O)NNC(=O)CCOc1cccc(Br)c1. The Morgan fingerprint density at radius 1 is 1.11 bits per heavy atom. The molecule has 3 rings (SSSR count). The fourth-order valence-corrected chi connectivity index (χ4v) is 3.72. The number of nitrogens with zero attached hydrogens (tertiary/aromatic N) is 1. The van der Waals surface area contributed by atoms with Crippen LogP contribution in [0.25, 0.3) is 10.6 Å². The van der Waals surface area contributed by atoms with Gasteiger partial charge in [0.05, 0.1) is 18.7 Å². The van der Waals surface area contributed by atoms with Crippen LogP contribution in [0, 0.1) is 6.92 Å². The summed E-state index contributed by atoms with van der Waals surface area (Å²) in [7, 11) is 0. The van der Waals surface area contributed by atoms with E-state index in [1.807, 2.05) is 48.5 Å². The topological polar surface area (TPSA) is 80.3 Å². The van der Waals surface area contributed by atoms with E-state index in [4.69, 9.17) is 4.74 Å². The van der Waals surface area contributed by atoms with E-state index in [0.29, 0.717) is 16.3 Å². The molecule has 0 radical (unpaired) electrons. The van der Waals surface area contributed by atoms with Gasteiger partial charge in [-0.05, 0) is 25.1 Å². The van der Waals surface area contributed by atoms with Crippen LogP contribution in [0.15, 0.2) is 59.1 Å². The molecule has 8 heteroatoms. The average Bonchev–Trinajstić information content (AvgIpc) is 3.09. The van der Waals surface area contributed by atoms with E-state index in [2.05, 4.69) is 31.8 Å². The van der Waals surface area contributed by atoms with E-state index in [9.17, 15) is 9.59 Å². The van der Waals surface area contributed by atoms with E-state index < -0.39 is 5.91 Å². The molecule has 0 atom stereocenters. The smallest absolute Gasteiger partial charge is 0.281 e. The molecule has 0 aliphatic heterocycles. The molecule has 2 aromatic carbocycles. The highest BCUT2D eigenvalue weighted by Gasteiger charge is 2.16. The first-order valence-corrected chi connectivity index (χ1v) is 10.1. The van der Waals surface area contributed by atoms with E-state index in [1.165, 1.54) is 11.3 Å². The maximum atomic E-state index is 12.4. The number of hydrogen-bond donors (Lipinski definition) is 2. The summed E-state index contributed by atoms with van der Waals surface area (Å²) in [5, 5.41) is 0.761. The number of benzene rings is 2. The second-order valence-corrected chi connectivity index (χ2v) is 7.77. The Kier molecular flexibility index (Phi) is 6.78. The molecule has 3 aromatic rings. The van der Waals surface area contributed by atoms with E-state index in [0.717, 1.165) is 15.0 Å².